The molecule has 0 saturated carbocycles. The topological polar surface area (TPSA) is 20.3 Å². The van der Waals surface area contributed by atoms with E-state index in [0.717, 1.165) is 31.5 Å². The van der Waals surface area contributed by atoms with Gasteiger partial charge in [-0.15, -0.1) is 0 Å². The molecule has 1 heterocycles. The Hall–Kier alpha value is -1.31. The zero-order valence-electron chi connectivity index (χ0n) is 11.5. The monoisotopic (exact) mass is 245 g/mol. The molecule has 0 bridgehead atoms. The van der Waals surface area contributed by atoms with Crippen molar-refractivity contribution in [2.45, 2.75) is 45.4 Å². The highest BCUT2D eigenvalue weighted by Crippen LogP contribution is 2.17. The average Bonchev–Trinajstić information content (AvgIpc) is 2.67. The van der Waals surface area contributed by atoms with E-state index in [4.69, 9.17) is 0 Å². The molecule has 0 aliphatic carbocycles. The van der Waals surface area contributed by atoms with Gasteiger partial charge in [-0.2, -0.15) is 0 Å². The lowest BCUT2D eigenvalue weighted by Gasteiger charge is -2.20. The number of rotatable bonds is 2. The predicted molar refractivity (Wildman–Crippen MR) is 74.9 cm³/mol. The summed E-state index contributed by atoms with van der Waals surface area (Å²) in [6.45, 7) is 6.19. The van der Waals surface area contributed by atoms with Crippen molar-refractivity contribution in [3.05, 3.63) is 35.4 Å². The van der Waals surface area contributed by atoms with E-state index in [9.17, 15) is 4.79 Å². The highest BCUT2D eigenvalue weighted by molar-refractivity contribution is 5.94. The number of carbonyl (C=O) groups excluding carboxylic acids is 1. The first-order valence-corrected chi connectivity index (χ1v) is 7.07. The van der Waals surface area contributed by atoms with Gasteiger partial charge in [0.05, 0.1) is 0 Å². The van der Waals surface area contributed by atoms with Gasteiger partial charge >= 0.3 is 0 Å². The minimum atomic E-state index is 0.201. The van der Waals surface area contributed by atoms with Gasteiger partial charge in [-0.1, -0.05) is 38.8 Å². The number of hydrogen-bond donors (Lipinski definition) is 0. The molecule has 2 heteroatoms. The molecule has 98 valence electrons. The van der Waals surface area contributed by atoms with Crippen LogP contribution in [0.5, 0.6) is 0 Å². The van der Waals surface area contributed by atoms with Gasteiger partial charge < -0.3 is 4.90 Å². The van der Waals surface area contributed by atoms with Gasteiger partial charge in [-0.3, -0.25) is 4.79 Å². The van der Waals surface area contributed by atoms with Crippen molar-refractivity contribution >= 4 is 5.91 Å². The summed E-state index contributed by atoms with van der Waals surface area (Å²) in [4.78, 5) is 14.4. The number of benzene rings is 1. The first kappa shape index (κ1) is 13.1. The zero-order valence-corrected chi connectivity index (χ0v) is 11.5. The molecule has 0 radical (unpaired) electrons. The molecule has 0 aromatic heterocycles. The lowest BCUT2D eigenvalue weighted by Crippen LogP contribution is -2.31. The van der Waals surface area contributed by atoms with Gasteiger partial charge in [0.25, 0.3) is 5.91 Å². The van der Waals surface area contributed by atoms with Crippen LogP contribution in [0.2, 0.25) is 0 Å². The van der Waals surface area contributed by atoms with Gasteiger partial charge in [0.2, 0.25) is 0 Å². The van der Waals surface area contributed by atoms with Crippen LogP contribution in [0, 0.1) is 0 Å². The van der Waals surface area contributed by atoms with Crippen LogP contribution in [-0.4, -0.2) is 23.9 Å². The van der Waals surface area contributed by atoms with Crippen LogP contribution in [0.1, 0.15) is 61.4 Å². The minimum Gasteiger partial charge on any atom is -0.339 e. The summed E-state index contributed by atoms with van der Waals surface area (Å²) in [5.41, 5.74) is 2.13. The number of likely N-dealkylation sites (tertiary alicyclic amines) is 1. The molecule has 1 fully saturated rings. The van der Waals surface area contributed by atoms with Crippen LogP contribution >= 0.6 is 0 Å². The van der Waals surface area contributed by atoms with Crippen molar-refractivity contribution in [3.8, 4) is 0 Å². The molecule has 1 amide bonds. The average molecular weight is 245 g/mol. The summed E-state index contributed by atoms with van der Waals surface area (Å²) in [7, 11) is 0. The Kier molecular flexibility index (Phi) is 4.40. The molecule has 2 rings (SSSR count). The molecule has 1 aromatic carbocycles. The van der Waals surface area contributed by atoms with Gasteiger partial charge in [0, 0.05) is 18.7 Å². The predicted octanol–water partition coefficient (Wildman–Crippen LogP) is 3.83. The molecule has 0 atom stereocenters. The summed E-state index contributed by atoms with van der Waals surface area (Å²) in [6.07, 6.45) is 4.82. The molecule has 0 unspecified atom stereocenters. The van der Waals surface area contributed by atoms with Crippen LogP contribution in [0.3, 0.4) is 0 Å². The molecular formula is C16H23NO. The number of nitrogens with zero attached hydrogens (tertiary/aromatic N) is 1. The maximum Gasteiger partial charge on any atom is 0.253 e. The summed E-state index contributed by atoms with van der Waals surface area (Å²) in [5, 5.41) is 0. The molecule has 1 aliphatic heterocycles. The van der Waals surface area contributed by atoms with E-state index in [1.54, 1.807) is 0 Å². The second kappa shape index (κ2) is 6.03. The Labute approximate surface area is 110 Å². The molecule has 0 spiro atoms. The molecule has 0 N–H and O–H groups in total. The van der Waals surface area contributed by atoms with Crippen LogP contribution < -0.4 is 0 Å². The second-order valence-corrected chi connectivity index (χ2v) is 5.48. The minimum absolute atomic E-state index is 0.201. The third-order valence-corrected chi connectivity index (χ3v) is 3.72. The summed E-state index contributed by atoms with van der Waals surface area (Å²) >= 11 is 0. The van der Waals surface area contributed by atoms with E-state index >= 15 is 0 Å². The van der Waals surface area contributed by atoms with Crippen molar-refractivity contribution in [1.29, 1.82) is 0 Å². The quantitative estimate of drug-likeness (QED) is 0.775. The van der Waals surface area contributed by atoms with E-state index in [1.165, 1.54) is 18.4 Å². The van der Waals surface area contributed by atoms with Gasteiger partial charge in [0.1, 0.15) is 0 Å². The number of amides is 1. The highest BCUT2D eigenvalue weighted by atomic mass is 16.2. The third-order valence-electron chi connectivity index (χ3n) is 3.72. The second-order valence-electron chi connectivity index (χ2n) is 5.48. The lowest BCUT2D eigenvalue weighted by atomic mass is 10.0. The summed E-state index contributed by atoms with van der Waals surface area (Å²) in [6, 6.07) is 8.11. The van der Waals surface area contributed by atoms with Crippen LogP contribution in [0.25, 0.3) is 0 Å². The molecule has 1 saturated heterocycles. The van der Waals surface area contributed by atoms with Crippen molar-refractivity contribution < 1.29 is 4.79 Å². The molecule has 18 heavy (non-hydrogen) atoms. The maximum absolute atomic E-state index is 12.4. The van der Waals surface area contributed by atoms with E-state index < -0.39 is 0 Å². The fraction of sp³-hybridized carbons (Fsp3) is 0.562. The molecule has 1 aromatic rings. The van der Waals surface area contributed by atoms with E-state index in [-0.39, 0.29) is 5.91 Å². The van der Waals surface area contributed by atoms with Gasteiger partial charge in [-0.05, 0) is 36.5 Å². The standard InChI is InChI=1S/C16H23NO/c1-13(2)14-7-9-15(10-8-14)16(18)17-11-5-3-4-6-12-17/h7-10,13H,3-6,11-12H2,1-2H3. The highest BCUT2D eigenvalue weighted by Gasteiger charge is 2.17. The van der Waals surface area contributed by atoms with Crippen molar-refractivity contribution in [1.82, 2.24) is 4.90 Å². The Morgan fingerprint density at radius 1 is 1.00 bits per heavy atom. The van der Waals surface area contributed by atoms with E-state index in [1.807, 2.05) is 17.0 Å². The van der Waals surface area contributed by atoms with Crippen molar-refractivity contribution in [3.63, 3.8) is 0 Å². The van der Waals surface area contributed by atoms with Crippen LogP contribution in [0.4, 0.5) is 0 Å². The van der Waals surface area contributed by atoms with Crippen molar-refractivity contribution in [2.75, 3.05) is 13.1 Å². The van der Waals surface area contributed by atoms with Crippen molar-refractivity contribution in [2.24, 2.45) is 0 Å². The summed E-state index contributed by atoms with van der Waals surface area (Å²) < 4.78 is 0. The van der Waals surface area contributed by atoms with E-state index in [0.29, 0.717) is 5.92 Å². The fourth-order valence-corrected chi connectivity index (χ4v) is 2.47. The first-order valence-electron chi connectivity index (χ1n) is 7.07. The fourth-order valence-electron chi connectivity index (χ4n) is 2.47. The Morgan fingerprint density at radius 3 is 2.06 bits per heavy atom. The molecule has 2 nitrogen and oxygen atoms in total. The zero-order chi connectivity index (χ0) is 13.0. The Bertz CT molecular complexity index is 386. The van der Waals surface area contributed by atoms with Crippen LogP contribution in [-0.2, 0) is 0 Å². The van der Waals surface area contributed by atoms with Gasteiger partial charge in [0.15, 0.2) is 0 Å². The number of carbonyl (C=O) groups is 1. The van der Waals surface area contributed by atoms with E-state index in [2.05, 4.69) is 26.0 Å². The molecular weight excluding hydrogens is 222 g/mol. The maximum atomic E-state index is 12.4. The normalized spacial score (nSPS) is 16.7. The van der Waals surface area contributed by atoms with Crippen LogP contribution in [0.15, 0.2) is 24.3 Å². The SMILES string of the molecule is CC(C)c1ccc(C(=O)N2CCCCCC2)cc1. The first-order chi connectivity index (χ1) is 8.68. The van der Waals surface area contributed by atoms with Gasteiger partial charge in [-0.25, -0.2) is 0 Å². The lowest BCUT2D eigenvalue weighted by molar-refractivity contribution is 0.0761. The number of hydrogen-bond acceptors (Lipinski definition) is 1. The Balaban J connectivity index is 2.07. The third kappa shape index (κ3) is 3.12. The smallest absolute Gasteiger partial charge is 0.253 e. The largest absolute Gasteiger partial charge is 0.339 e. The Morgan fingerprint density at radius 2 is 1.56 bits per heavy atom. The molecule has 1 aliphatic rings. The summed E-state index contributed by atoms with van der Waals surface area (Å²) in [5.74, 6) is 0.722.